The van der Waals surface area contributed by atoms with Gasteiger partial charge in [0.25, 0.3) is 0 Å². The molecule has 0 aromatic heterocycles. The van der Waals surface area contributed by atoms with Crippen LogP contribution in [0.1, 0.15) is 10.4 Å². The summed E-state index contributed by atoms with van der Waals surface area (Å²) < 4.78 is 0. The minimum Gasteiger partial charge on any atom is -0.506 e. The molecule has 1 heterocycles. The average Bonchev–Trinajstić information content (AvgIpc) is 2.35. The number of ketones is 1. The lowest BCUT2D eigenvalue weighted by molar-refractivity contribution is 0.0876. The van der Waals surface area contributed by atoms with Crippen molar-refractivity contribution in [2.24, 2.45) is 0 Å². The van der Waals surface area contributed by atoms with Crippen LogP contribution in [-0.4, -0.2) is 60.5 Å². The van der Waals surface area contributed by atoms with Gasteiger partial charge in [-0.2, -0.15) is 0 Å². The number of phenols is 1. The number of piperazine rings is 1. The quantitative estimate of drug-likeness (QED) is 0.844. The first-order valence-corrected chi connectivity index (χ1v) is 6.36. The molecule has 5 heteroatoms. The highest BCUT2D eigenvalue weighted by Crippen LogP contribution is 2.23. The third-order valence-electron chi connectivity index (χ3n) is 3.23. The van der Waals surface area contributed by atoms with Crippen molar-refractivity contribution in [3.63, 3.8) is 0 Å². The van der Waals surface area contributed by atoms with Crippen LogP contribution in [0.25, 0.3) is 0 Å². The van der Waals surface area contributed by atoms with Crippen molar-refractivity contribution in [3.05, 3.63) is 28.8 Å². The smallest absolute Gasteiger partial charge is 0.176 e. The standard InChI is InChI=1S/C13H17ClN2O2/c1-15-4-6-16(7-5-15)9-13(18)10-2-3-12(17)11(14)8-10/h2-3,8,17H,4-7,9H2,1H3. The van der Waals surface area contributed by atoms with Crippen LogP contribution in [0.5, 0.6) is 5.75 Å². The number of Topliss-reactive ketones (excluding diaryl/α,β-unsaturated/α-hetero) is 1. The second-order valence-corrected chi connectivity index (χ2v) is 5.08. The van der Waals surface area contributed by atoms with Gasteiger partial charge in [0, 0.05) is 31.7 Å². The van der Waals surface area contributed by atoms with Crippen molar-refractivity contribution >= 4 is 17.4 Å². The van der Waals surface area contributed by atoms with Gasteiger partial charge in [0.05, 0.1) is 11.6 Å². The Labute approximate surface area is 112 Å². The monoisotopic (exact) mass is 268 g/mol. The normalized spacial score (nSPS) is 17.9. The number of rotatable bonds is 3. The number of hydrogen-bond donors (Lipinski definition) is 1. The molecule has 1 aliphatic heterocycles. The lowest BCUT2D eigenvalue weighted by Gasteiger charge is -2.31. The molecule has 98 valence electrons. The van der Waals surface area contributed by atoms with E-state index in [1.165, 1.54) is 12.1 Å². The van der Waals surface area contributed by atoms with E-state index in [2.05, 4.69) is 16.8 Å². The van der Waals surface area contributed by atoms with Gasteiger partial charge in [-0.1, -0.05) is 11.6 Å². The minimum atomic E-state index is 0.00724. The lowest BCUT2D eigenvalue weighted by Crippen LogP contribution is -2.46. The van der Waals surface area contributed by atoms with Crippen molar-refractivity contribution in [1.82, 2.24) is 9.80 Å². The number of nitrogens with zero attached hydrogens (tertiary/aromatic N) is 2. The Kier molecular flexibility index (Phi) is 4.22. The Morgan fingerprint density at radius 2 is 2.00 bits per heavy atom. The Morgan fingerprint density at radius 3 is 2.61 bits per heavy atom. The highest BCUT2D eigenvalue weighted by Gasteiger charge is 2.17. The first-order valence-electron chi connectivity index (χ1n) is 5.99. The van der Waals surface area contributed by atoms with Gasteiger partial charge in [0.2, 0.25) is 0 Å². The van der Waals surface area contributed by atoms with Crippen molar-refractivity contribution < 1.29 is 9.90 Å². The molecule has 1 aliphatic rings. The zero-order valence-electron chi connectivity index (χ0n) is 10.4. The summed E-state index contributed by atoms with van der Waals surface area (Å²) in [5.74, 6) is 0.0502. The number of phenolic OH excluding ortho intramolecular Hbond substituents is 1. The highest BCUT2D eigenvalue weighted by atomic mass is 35.5. The van der Waals surface area contributed by atoms with Gasteiger partial charge in [-0.05, 0) is 25.2 Å². The number of likely N-dealkylation sites (N-methyl/N-ethyl adjacent to an activating group) is 1. The Hall–Kier alpha value is -1.10. The molecule has 0 saturated carbocycles. The van der Waals surface area contributed by atoms with E-state index in [1.54, 1.807) is 6.07 Å². The van der Waals surface area contributed by atoms with E-state index in [9.17, 15) is 9.90 Å². The Balaban J connectivity index is 1.97. The maximum absolute atomic E-state index is 12.1. The molecule has 0 spiro atoms. The summed E-state index contributed by atoms with van der Waals surface area (Å²) in [6, 6.07) is 4.59. The summed E-state index contributed by atoms with van der Waals surface area (Å²) in [6.45, 7) is 4.21. The van der Waals surface area contributed by atoms with Crippen LogP contribution in [0.4, 0.5) is 0 Å². The molecule has 0 radical (unpaired) electrons. The fourth-order valence-corrected chi connectivity index (χ4v) is 2.16. The van der Waals surface area contributed by atoms with Crippen LogP contribution in [0.3, 0.4) is 0 Å². The molecule has 1 fully saturated rings. The van der Waals surface area contributed by atoms with Gasteiger partial charge in [-0.3, -0.25) is 9.69 Å². The average molecular weight is 269 g/mol. The van der Waals surface area contributed by atoms with Crippen LogP contribution in [0, 0.1) is 0 Å². The second kappa shape index (κ2) is 5.69. The topological polar surface area (TPSA) is 43.8 Å². The van der Waals surface area contributed by atoms with E-state index in [4.69, 9.17) is 11.6 Å². The van der Waals surface area contributed by atoms with Gasteiger partial charge < -0.3 is 10.0 Å². The van der Waals surface area contributed by atoms with Gasteiger partial charge >= 0.3 is 0 Å². The van der Waals surface area contributed by atoms with Crippen molar-refractivity contribution in [2.75, 3.05) is 39.8 Å². The molecule has 0 amide bonds. The maximum Gasteiger partial charge on any atom is 0.176 e. The molecule has 0 bridgehead atoms. The highest BCUT2D eigenvalue weighted by molar-refractivity contribution is 6.32. The van der Waals surface area contributed by atoms with Crippen LogP contribution < -0.4 is 0 Å². The van der Waals surface area contributed by atoms with Crippen molar-refractivity contribution in [2.45, 2.75) is 0 Å². The number of benzene rings is 1. The Bertz CT molecular complexity index is 443. The summed E-state index contributed by atoms with van der Waals surface area (Å²) in [6.07, 6.45) is 0. The molecule has 2 rings (SSSR count). The van der Waals surface area contributed by atoms with E-state index in [0.29, 0.717) is 12.1 Å². The van der Waals surface area contributed by atoms with E-state index < -0.39 is 0 Å². The first kappa shape index (κ1) is 13.3. The van der Waals surface area contributed by atoms with E-state index >= 15 is 0 Å². The third-order valence-corrected chi connectivity index (χ3v) is 3.54. The zero-order chi connectivity index (χ0) is 13.1. The largest absolute Gasteiger partial charge is 0.506 e. The summed E-state index contributed by atoms with van der Waals surface area (Å²) in [5, 5.41) is 9.54. The van der Waals surface area contributed by atoms with E-state index in [-0.39, 0.29) is 16.6 Å². The van der Waals surface area contributed by atoms with E-state index in [0.717, 1.165) is 26.2 Å². The molecular weight excluding hydrogens is 252 g/mol. The zero-order valence-corrected chi connectivity index (χ0v) is 11.2. The molecule has 1 N–H and O–H groups in total. The summed E-state index contributed by atoms with van der Waals surface area (Å²) in [5.41, 5.74) is 0.553. The molecule has 0 atom stereocenters. The molecule has 1 aromatic carbocycles. The molecule has 1 aromatic rings. The predicted octanol–water partition coefficient (Wildman–Crippen LogP) is 1.48. The molecule has 18 heavy (non-hydrogen) atoms. The Morgan fingerprint density at radius 1 is 1.33 bits per heavy atom. The number of hydrogen-bond acceptors (Lipinski definition) is 4. The van der Waals surface area contributed by atoms with E-state index in [1.807, 2.05) is 0 Å². The van der Waals surface area contributed by atoms with Crippen LogP contribution in [-0.2, 0) is 0 Å². The SMILES string of the molecule is CN1CCN(CC(=O)c2ccc(O)c(Cl)c2)CC1. The lowest BCUT2D eigenvalue weighted by atomic mass is 10.1. The second-order valence-electron chi connectivity index (χ2n) is 4.67. The maximum atomic E-state index is 12.1. The summed E-state index contributed by atoms with van der Waals surface area (Å²) >= 11 is 5.80. The van der Waals surface area contributed by atoms with Gasteiger partial charge in [0.1, 0.15) is 5.75 Å². The summed E-state index contributed by atoms with van der Waals surface area (Å²) in [7, 11) is 2.08. The molecular formula is C13H17ClN2O2. The molecule has 4 nitrogen and oxygen atoms in total. The van der Waals surface area contributed by atoms with Crippen LogP contribution in [0.15, 0.2) is 18.2 Å². The van der Waals surface area contributed by atoms with Crippen LogP contribution in [0.2, 0.25) is 5.02 Å². The van der Waals surface area contributed by atoms with Crippen molar-refractivity contribution in [1.29, 1.82) is 0 Å². The van der Waals surface area contributed by atoms with Crippen LogP contribution >= 0.6 is 11.6 Å². The number of carbonyl (C=O) groups is 1. The van der Waals surface area contributed by atoms with Gasteiger partial charge in [-0.25, -0.2) is 0 Å². The minimum absolute atomic E-state index is 0.00724. The third kappa shape index (κ3) is 3.22. The number of aromatic hydroxyl groups is 1. The molecule has 1 saturated heterocycles. The molecule has 0 aliphatic carbocycles. The van der Waals surface area contributed by atoms with Gasteiger partial charge in [0.15, 0.2) is 5.78 Å². The predicted molar refractivity (Wildman–Crippen MR) is 71.4 cm³/mol. The first-order chi connectivity index (χ1) is 8.56. The fraction of sp³-hybridized carbons (Fsp3) is 0.462. The van der Waals surface area contributed by atoms with Gasteiger partial charge in [-0.15, -0.1) is 0 Å². The fourth-order valence-electron chi connectivity index (χ4n) is 1.98. The number of carbonyl (C=O) groups excluding carboxylic acids is 1. The molecule has 0 unspecified atom stereocenters. The van der Waals surface area contributed by atoms with Crippen molar-refractivity contribution in [3.8, 4) is 5.75 Å². The number of halogens is 1. The summed E-state index contributed by atoms with van der Waals surface area (Å²) in [4.78, 5) is 16.5.